The van der Waals surface area contributed by atoms with Crippen molar-refractivity contribution in [3.8, 4) is 0 Å². The van der Waals surface area contributed by atoms with Crippen molar-refractivity contribution in [2.75, 3.05) is 0 Å². The molecule has 0 aliphatic heterocycles. The van der Waals surface area contributed by atoms with Gasteiger partial charge in [0, 0.05) is 11.1 Å². The Morgan fingerprint density at radius 3 is 1.74 bits per heavy atom. The maximum Gasteiger partial charge on any atom is 0.275 e. The van der Waals surface area contributed by atoms with Crippen LogP contribution in [0.2, 0.25) is 0 Å². The molecule has 0 spiro atoms. The molecule has 2 aromatic carbocycles. The fourth-order valence-electron chi connectivity index (χ4n) is 2.12. The molecule has 0 saturated carbocycles. The van der Waals surface area contributed by atoms with Gasteiger partial charge in [-0.1, -0.05) is 60.7 Å². The molecule has 0 aromatic heterocycles. The molecule has 0 bridgehead atoms. The topological polar surface area (TPSA) is 59.7 Å². The van der Waals surface area contributed by atoms with E-state index >= 15 is 0 Å². The lowest BCUT2D eigenvalue weighted by Gasteiger charge is -2.19. The monoisotopic (exact) mass is 255 g/mol. The van der Waals surface area contributed by atoms with Gasteiger partial charge < -0.3 is 11.1 Å². The number of hydrogen-bond acceptors (Lipinski definition) is 1. The smallest absolute Gasteiger partial charge is 0.275 e. The van der Waals surface area contributed by atoms with E-state index in [0.717, 1.165) is 0 Å². The van der Waals surface area contributed by atoms with Gasteiger partial charge in [0.1, 0.15) is 6.04 Å². The summed E-state index contributed by atoms with van der Waals surface area (Å²) in [7, 11) is 0. The van der Waals surface area contributed by atoms with Crippen LogP contribution < -0.4 is 11.1 Å². The van der Waals surface area contributed by atoms with Crippen molar-refractivity contribution in [2.24, 2.45) is 5.73 Å². The summed E-state index contributed by atoms with van der Waals surface area (Å²) in [6, 6.07) is 20.1. The number of carbonyl (C=O) groups is 1. The van der Waals surface area contributed by atoms with E-state index in [4.69, 9.17) is 5.73 Å². The van der Waals surface area contributed by atoms with Crippen LogP contribution >= 0.6 is 0 Å². The van der Waals surface area contributed by atoms with E-state index in [0.29, 0.717) is 0 Å². The summed E-state index contributed by atoms with van der Waals surface area (Å²) in [5.41, 5.74) is 7.71. The lowest BCUT2D eigenvalue weighted by Crippen LogP contribution is -2.92. The Morgan fingerprint density at radius 1 is 0.947 bits per heavy atom. The Bertz CT molecular complexity index is 485. The summed E-state index contributed by atoms with van der Waals surface area (Å²) >= 11 is 0. The van der Waals surface area contributed by atoms with E-state index in [2.05, 4.69) is 24.3 Å². The Kier molecular flexibility index (Phi) is 4.31. The van der Waals surface area contributed by atoms with Crippen molar-refractivity contribution in [3.05, 3.63) is 71.8 Å². The number of primary amides is 1. The van der Waals surface area contributed by atoms with E-state index in [9.17, 15) is 4.79 Å². The summed E-state index contributed by atoms with van der Waals surface area (Å²) in [6.07, 6.45) is 0. The van der Waals surface area contributed by atoms with Gasteiger partial charge in [-0.2, -0.15) is 0 Å². The number of rotatable bonds is 5. The van der Waals surface area contributed by atoms with Gasteiger partial charge in [0.25, 0.3) is 5.91 Å². The number of benzene rings is 2. The molecule has 0 aliphatic carbocycles. The number of quaternary nitrogens is 1. The summed E-state index contributed by atoms with van der Waals surface area (Å²) in [4.78, 5) is 11.3. The van der Waals surface area contributed by atoms with E-state index < -0.39 is 0 Å². The van der Waals surface area contributed by atoms with Crippen molar-refractivity contribution >= 4 is 5.91 Å². The van der Waals surface area contributed by atoms with Crippen LogP contribution in [0.15, 0.2) is 60.7 Å². The molecule has 3 heteroatoms. The lowest BCUT2D eigenvalue weighted by molar-refractivity contribution is -0.704. The SMILES string of the molecule is C[C@@H]([NH2+]C(c1ccccc1)c1ccccc1)C(N)=O. The molecule has 0 saturated heterocycles. The second-order valence-corrected chi connectivity index (χ2v) is 4.68. The number of carbonyl (C=O) groups excluding carboxylic acids is 1. The minimum Gasteiger partial charge on any atom is -0.365 e. The third-order valence-corrected chi connectivity index (χ3v) is 3.25. The number of hydrogen-bond donors (Lipinski definition) is 2. The first-order valence-electron chi connectivity index (χ1n) is 6.42. The zero-order valence-electron chi connectivity index (χ0n) is 11.0. The van der Waals surface area contributed by atoms with Crippen molar-refractivity contribution < 1.29 is 10.1 Å². The minimum atomic E-state index is -0.295. The van der Waals surface area contributed by atoms with E-state index in [1.165, 1.54) is 11.1 Å². The molecule has 4 N–H and O–H groups in total. The Balaban J connectivity index is 2.32. The van der Waals surface area contributed by atoms with Crippen molar-refractivity contribution in [1.82, 2.24) is 0 Å². The quantitative estimate of drug-likeness (QED) is 0.829. The lowest BCUT2D eigenvalue weighted by atomic mass is 9.98. The highest BCUT2D eigenvalue weighted by molar-refractivity contribution is 5.77. The van der Waals surface area contributed by atoms with Crippen LogP contribution in [0.5, 0.6) is 0 Å². The maximum absolute atomic E-state index is 11.3. The predicted molar refractivity (Wildman–Crippen MR) is 75.3 cm³/mol. The van der Waals surface area contributed by atoms with Crippen LogP contribution in [0.3, 0.4) is 0 Å². The van der Waals surface area contributed by atoms with E-state index in [1.54, 1.807) is 0 Å². The standard InChI is InChI=1S/C16H18N2O/c1-12(16(17)19)18-15(13-8-4-2-5-9-13)14-10-6-3-7-11-14/h2-12,15,18H,1H3,(H2,17,19)/p+1/t12-/m1/s1. The van der Waals surface area contributed by atoms with E-state index in [-0.39, 0.29) is 18.0 Å². The molecule has 0 radical (unpaired) electrons. The molecule has 0 unspecified atom stereocenters. The molecule has 2 rings (SSSR count). The molecule has 3 nitrogen and oxygen atoms in total. The van der Waals surface area contributed by atoms with Gasteiger partial charge in [0.15, 0.2) is 6.04 Å². The van der Waals surface area contributed by atoms with Gasteiger partial charge in [-0.05, 0) is 6.92 Å². The molecule has 2 aromatic rings. The molecule has 98 valence electrons. The van der Waals surface area contributed by atoms with E-state index in [1.807, 2.05) is 48.6 Å². The van der Waals surface area contributed by atoms with Crippen LogP contribution in [-0.4, -0.2) is 11.9 Å². The fraction of sp³-hybridized carbons (Fsp3) is 0.188. The maximum atomic E-state index is 11.3. The molecule has 1 atom stereocenters. The van der Waals surface area contributed by atoms with Gasteiger partial charge in [-0.3, -0.25) is 4.79 Å². The van der Waals surface area contributed by atoms with Gasteiger partial charge in [-0.15, -0.1) is 0 Å². The predicted octanol–water partition coefficient (Wildman–Crippen LogP) is 1.21. The fourth-order valence-corrected chi connectivity index (χ4v) is 2.12. The minimum absolute atomic E-state index is 0.0879. The largest absolute Gasteiger partial charge is 0.365 e. The zero-order chi connectivity index (χ0) is 13.7. The highest BCUT2D eigenvalue weighted by Crippen LogP contribution is 2.17. The second kappa shape index (κ2) is 6.16. The third-order valence-electron chi connectivity index (χ3n) is 3.25. The Morgan fingerprint density at radius 2 is 1.37 bits per heavy atom. The average Bonchev–Trinajstić information content (AvgIpc) is 2.46. The van der Waals surface area contributed by atoms with Gasteiger partial charge >= 0.3 is 0 Å². The summed E-state index contributed by atoms with van der Waals surface area (Å²) in [6.45, 7) is 1.83. The average molecular weight is 255 g/mol. The normalized spacial score (nSPS) is 12.3. The number of nitrogens with two attached hydrogens (primary N) is 2. The van der Waals surface area contributed by atoms with Crippen molar-refractivity contribution in [1.29, 1.82) is 0 Å². The van der Waals surface area contributed by atoms with Crippen LogP contribution in [0.1, 0.15) is 24.1 Å². The highest BCUT2D eigenvalue weighted by atomic mass is 16.1. The molecular formula is C16H19N2O+. The van der Waals surface area contributed by atoms with Crippen LogP contribution in [0, 0.1) is 0 Å². The first-order chi connectivity index (χ1) is 9.18. The first kappa shape index (κ1) is 13.3. The molecule has 19 heavy (non-hydrogen) atoms. The Labute approximate surface area is 113 Å². The summed E-state index contributed by atoms with van der Waals surface area (Å²) in [5.74, 6) is -0.295. The number of amides is 1. The molecule has 0 heterocycles. The Hall–Kier alpha value is -2.13. The highest BCUT2D eigenvalue weighted by Gasteiger charge is 2.22. The second-order valence-electron chi connectivity index (χ2n) is 4.68. The van der Waals surface area contributed by atoms with Gasteiger partial charge in [0.2, 0.25) is 0 Å². The third kappa shape index (κ3) is 3.42. The summed E-state index contributed by atoms with van der Waals surface area (Å²) < 4.78 is 0. The van der Waals surface area contributed by atoms with Gasteiger partial charge in [-0.25, -0.2) is 0 Å². The van der Waals surface area contributed by atoms with Gasteiger partial charge in [0.05, 0.1) is 0 Å². The zero-order valence-corrected chi connectivity index (χ0v) is 11.0. The van der Waals surface area contributed by atoms with Crippen molar-refractivity contribution in [2.45, 2.75) is 19.0 Å². The molecule has 0 aliphatic rings. The first-order valence-corrected chi connectivity index (χ1v) is 6.42. The molecule has 0 fully saturated rings. The molecule has 1 amide bonds. The summed E-state index contributed by atoms with van der Waals surface area (Å²) in [5, 5.41) is 2.01. The van der Waals surface area contributed by atoms with Crippen LogP contribution in [0.4, 0.5) is 0 Å². The van der Waals surface area contributed by atoms with Crippen LogP contribution in [-0.2, 0) is 4.79 Å². The van der Waals surface area contributed by atoms with Crippen molar-refractivity contribution in [3.63, 3.8) is 0 Å². The molecular weight excluding hydrogens is 236 g/mol. The van der Waals surface area contributed by atoms with Crippen LogP contribution in [0.25, 0.3) is 0 Å².